The highest BCUT2D eigenvalue weighted by molar-refractivity contribution is 7.89. The normalized spacial score (nSPS) is 11.3. The fraction of sp³-hybridized carbons (Fsp3) is 0. The second kappa shape index (κ2) is 6.63. The van der Waals surface area contributed by atoms with Crippen molar-refractivity contribution in [3.63, 3.8) is 0 Å². The third-order valence-corrected chi connectivity index (χ3v) is 4.64. The van der Waals surface area contributed by atoms with Gasteiger partial charge in [-0.05, 0) is 42.5 Å². The Morgan fingerprint density at radius 1 is 1.11 bits per heavy atom. The molecule has 0 amide bonds. The molecule has 3 rings (SSSR count). The van der Waals surface area contributed by atoms with Crippen molar-refractivity contribution >= 4 is 21.7 Å². The van der Waals surface area contributed by atoms with Gasteiger partial charge < -0.3 is 5.11 Å². The summed E-state index contributed by atoms with van der Waals surface area (Å²) in [6, 6.07) is 12.0. The van der Waals surface area contributed by atoms with E-state index in [1.54, 1.807) is 0 Å². The SMILES string of the molecule is NS(=O)(=O)c1ccc(-n2nc(-c3ccc([N+](=O)[O-])cc3)cc2C(=O)O)cc1. The van der Waals surface area contributed by atoms with E-state index in [2.05, 4.69) is 5.10 Å². The van der Waals surface area contributed by atoms with Gasteiger partial charge in [0.1, 0.15) is 0 Å². The van der Waals surface area contributed by atoms with E-state index in [4.69, 9.17) is 5.14 Å². The Morgan fingerprint density at radius 3 is 2.19 bits per heavy atom. The van der Waals surface area contributed by atoms with Crippen LogP contribution < -0.4 is 5.14 Å². The molecule has 3 N–H and O–H groups in total. The maximum Gasteiger partial charge on any atom is 0.354 e. The number of hydrogen-bond donors (Lipinski definition) is 2. The molecule has 0 atom stereocenters. The van der Waals surface area contributed by atoms with Gasteiger partial charge >= 0.3 is 5.97 Å². The van der Waals surface area contributed by atoms with E-state index in [0.29, 0.717) is 11.3 Å². The maximum atomic E-state index is 11.5. The number of nitrogens with zero attached hydrogens (tertiary/aromatic N) is 3. The second-order valence-corrected chi connectivity index (χ2v) is 7.04. The van der Waals surface area contributed by atoms with E-state index >= 15 is 0 Å². The quantitative estimate of drug-likeness (QED) is 0.498. The van der Waals surface area contributed by atoms with Crippen molar-refractivity contribution in [3.05, 3.63) is 70.4 Å². The van der Waals surface area contributed by atoms with E-state index in [9.17, 15) is 28.4 Å². The Bertz CT molecular complexity index is 1130. The van der Waals surface area contributed by atoms with Crippen LogP contribution in [-0.4, -0.2) is 34.2 Å². The number of benzene rings is 2. The van der Waals surface area contributed by atoms with E-state index in [1.165, 1.54) is 54.6 Å². The molecule has 0 unspecified atom stereocenters. The molecule has 0 radical (unpaired) electrons. The number of carboxylic acid groups (broad SMARTS) is 1. The first-order valence-corrected chi connectivity index (χ1v) is 8.93. The average molecular weight is 388 g/mol. The molecule has 0 aliphatic heterocycles. The zero-order valence-electron chi connectivity index (χ0n) is 13.5. The number of non-ortho nitro benzene ring substituents is 1. The average Bonchev–Trinajstić information content (AvgIpc) is 3.07. The second-order valence-electron chi connectivity index (χ2n) is 5.47. The number of sulfonamides is 1. The third kappa shape index (κ3) is 3.68. The summed E-state index contributed by atoms with van der Waals surface area (Å²) in [4.78, 5) is 21.6. The van der Waals surface area contributed by atoms with Crippen molar-refractivity contribution in [2.24, 2.45) is 5.14 Å². The molecule has 138 valence electrons. The number of hydrogen-bond acceptors (Lipinski definition) is 6. The highest BCUT2D eigenvalue weighted by Gasteiger charge is 2.18. The summed E-state index contributed by atoms with van der Waals surface area (Å²) in [6.07, 6.45) is 0. The van der Waals surface area contributed by atoms with E-state index in [-0.39, 0.29) is 22.0 Å². The van der Waals surface area contributed by atoms with Crippen molar-refractivity contribution in [1.82, 2.24) is 9.78 Å². The van der Waals surface area contributed by atoms with Gasteiger partial charge in [0, 0.05) is 17.7 Å². The molecule has 0 saturated carbocycles. The lowest BCUT2D eigenvalue weighted by Crippen LogP contribution is -2.12. The number of nitro benzene ring substituents is 1. The molecule has 27 heavy (non-hydrogen) atoms. The van der Waals surface area contributed by atoms with Gasteiger partial charge in [-0.25, -0.2) is 23.0 Å². The van der Waals surface area contributed by atoms with Gasteiger partial charge in [0.25, 0.3) is 5.69 Å². The van der Waals surface area contributed by atoms with Crippen molar-refractivity contribution in [3.8, 4) is 16.9 Å². The van der Waals surface area contributed by atoms with Crippen molar-refractivity contribution in [1.29, 1.82) is 0 Å². The Kier molecular flexibility index (Phi) is 4.47. The zero-order chi connectivity index (χ0) is 19.8. The Labute approximate surface area is 152 Å². The monoisotopic (exact) mass is 388 g/mol. The highest BCUT2D eigenvalue weighted by Crippen LogP contribution is 2.24. The first-order chi connectivity index (χ1) is 12.7. The minimum Gasteiger partial charge on any atom is -0.477 e. The summed E-state index contributed by atoms with van der Waals surface area (Å²) in [6.45, 7) is 0. The van der Waals surface area contributed by atoms with Crippen LogP contribution in [-0.2, 0) is 10.0 Å². The fourth-order valence-electron chi connectivity index (χ4n) is 2.40. The number of carboxylic acids is 1. The first-order valence-electron chi connectivity index (χ1n) is 7.38. The standard InChI is InChI=1S/C16H12N4O6S/c17-27(25,26)13-7-5-11(6-8-13)19-15(16(21)22)9-14(18-19)10-1-3-12(4-2-10)20(23)24/h1-9H,(H,21,22)(H2,17,25,26). The summed E-state index contributed by atoms with van der Waals surface area (Å²) < 4.78 is 23.8. The topological polar surface area (TPSA) is 158 Å². The summed E-state index contributed by atoms with van der Waals surface area (Å²) in [7, 11) is -3.88. The molecule has 0 saturated heterocycles. The van der Waals surface area contributed by atoms with Gasteiger partial charge in [-0.2, -0.15) is 5.10 Å². The van der Waals surface area contributed by atoms with Crippen LogP contribution in [0.2, 0.25) is 0 Å². The van der Waals surface area contributed by atoms with Crippen LogP contribution in [0.15, 0.2) is 59.5 Å². The number of carbonyl (C=O) groups is 1. The maximum absolute atomic E-state index is 11.5. The lowest BCUT2D eigenvalue weighted by molar-refractivity contribution is -0.384. The van der Waals surface area contributed by atoms with E-state index < -0.39 is 20.9 Å². The molecule has 0 aliphatic carbocycles. The number of aromatic carboxylic acids is 1. The molecule has 2 aromatic carbocycles. The van der Waals surface area contributed by atoms with Gasteiger partial charge in [0.2, 0.25) is 10.0 Å². The minimum atomic E-state index is -3.88. The Morgan fingerprint density at radius 2 is 1.70 bits per heavy atom. The summed E-state index contributed by atoms with van der Waals surface area (Å²) in [5, 5.41) is 29.4. The van der Waals surface area contributed by atoms with Crippen LogP contribution in [0.1, 0.15) is 10.5 Å². The van der Waals surface area contributed by atoms with Crippen LogP contribution in [0.25, 0.3) is 16.9 Å². The summed E-state index contributed by atoms with van der Waals surface area (Å²) in [5.74, 6) is -1.24. The largest absolute Gasteiger partial charge is 0.477 e. The van der Waals surface area contributed by atoms with Crippen LogP contribution in [0.5, 0.6) is 0 Å². The molecule has 11 heteroatoms. The smallest absolute Gasteiger partial charge is 0.354 e. The molecule has 3 aromatic rings. The molecule has 0 fully saturated rings. The van der Waals surface area contributed by atoms with Crippen molar-refractivity contribution < 1.29 is 23.2 Å². The lowest BCUT2D eigenvalue weighted by Gasteiger charge is -2.05. The summed E-state index contributed by atoms with van der Waals surface area (Å²) >= 11 is 0. The number of aromatic nitrogens is 2. The van der Waals surface area contributed by atoms with Crippen LogP contribution >= 0.6 is 0 Å². The van der Waals surface area contributed by atoms with Gasteiger partial charge in [-0.15, -0.1) is 0 Å². The number of rotatable bonds is 5. The van der Waals surface area contributed by atoms with Crippen LogP contribution in [0, 0.1) is 10.1 Å². The summed E-state index contributed by atoms with van der Waals surface area (Å²) in [5.41, 5.74) is 0.829. The minimum absolute atomic E-state index is 0.102. The lowest BCUT2D eigenvalue weighted by atomic mass is 10.1. The zero-order valence-corrected chi connectivity index (χ0v) is 14.3. The number of nitro groups is 1. The molecular weight excluding hydrogens is 376 g/mol. The van der Waals surface area contributed by atoms with Crippen LogP contribution in [0.3, 0.4) is 0 Å². The molecule has 1 aromatic heterocycles. The predicted molar refractivity (Wildman–Crippen MR) is 94.0 cm³/mol. The predicted octanol–water partition coefficient (Wildman–Crippen LogP) is 1.79. The Balaban J connectivity index is 2.06. The van der Waals surface area contributed by atoms with E-state index in [0.717, 1.165) is 4.68 Å². The third-order valence-electron chi connectivity index (χ3n) is 3.71. The van der Waals surface area contributed by atoms with E-state index in [1.807, 2.05) is 0 Å². The molecule has 0 bridgehead atoms. The number of primary sulfonamides is 1. The molecule has 0 spiro atoms. The fourth-order valence-corrected chi connectivity index (χ4v) is 2.92. The first kappa shape index (κ1) is 18.2. The van der Waals surface area contributed by atoms with Gasteiger partial charge in [0.05, 0.1) is 21.2 Å². The van der Waals surface area contributed by atoms with Crippen molar-refractivity contribution in [2.45, 2.75) is 4.90 Å². The number of nitrogens with two attached hydrogens (primary N) is 1. The molecule has 1 heterocycles. The molecular formula is C16H12N4O6S. The van der Waals surface area contributed by atoms with Gasteiger partial charge in [-0.1, -0.05) is 0 Å². The molecule has 0 aliphatic rings. The van der Waals surface area contributed by atoms with Crippen molar-refractivity contribution in [2.75, 3.05) is 0 Å². The molecule has 10 nitrogen and oxygen atoms in total. The van der Waals surface area contributed by atoms with Gasteiger partial charge in [-0.3, -0.25) is 10.1 Å². The Hall–Kier alpha value is -3.57. The van der Waals surface area contributed by atoms with Crippen LogP contribution in [0.4, 0.5) is 5.69 Å². The highest BCUT2D eigenvalue weighted by atomic mass is 32.2. The van der Waals surface area contributed by atoms with Gasteiger partial charge in [0.15, 0.2) is 5.69 Å².